The van der Waals surface area contributed by atoms with Crippen LogP contribution in [0.3, 0.4) is 0 Å². The van der Waals surface area contributed by atoms with Crippen molar-refractivity contribution in [1.29, 1.82) is 0 Å². The number of hydrogen-bond donors (Lipinski definition) is 3. The molecular formula is C29H41N5O4. The molecule has 3 amide bonds. The number of aromatic nitrogens is 1. The maximum Gasteiger partial charge on any atom is 0.319 e. The van der Waals surface area contributed by atoms with E-state index in [1.165, 1.54) is 0 Å². The van der Waals surface area contributed by atoms with Crippen LogP contribution in [0.15, 0.2) is 42.7 Å². The van der Waals surface area contributed by atoms with E-state index in [1.807, 2.05) is 37.3 Å². The van der Waals surface area contributed by atoms with Crippen LogP contribution in [-0.2, 0) is 17.8 Å². The molecule has 0 bridgehead atoms. The third-order valence-electron chi connectivity index (χ3n) is 7.56. The summed E-state index contributed by atoms with van der Waals surface area (Å²) in [5.74, 6) is 0.600. The number of carbonyl (C=O) groups excluding carboxylic acids is 2. The summed E-state index contributed by atoms with van der Waals surface area (Å²) in [6, 6.07) is 9.18. The summed E-state index contributed by atoms with van der Waals surface area (Å²) in [5.41, 5.74) is 2.51. The molecule has 4 rings (SSSR count). The Hall–Kier alpha value is -3.17. The number of rotatable bonds is 8. The molecule has 1 aliphatic carbocycles. The quantitative estimate of drug-likeness (QED) is 0.490. The molecule has 3 atom stereocenters. The van der Waals surface area contributed by atoms with E-state index in [0.29, 0.717) is 24.5 Å². The zero-order valence-corrected chi connectivity index (χ0v) is 22.7. The number of hydrogen-bond acceptors (Lipinski definition) is 6. The number of carbonyl (C=O) groups is 2. The minimum Gasteiger partial charge on any atom is -0.488 e. The third-order valence-corrected chi connectivity index (χ3v) is 7.56. The molecular weight excluding hydrogens is 482 g/mol. The minimum atomic E-state index is -0.305. The van der Waals surface area contributed by atoms with E-state index in [2.05, 4.69) is 34.5 Å². The Kier molecular flexibility index (Phi) is 9.58. The monoisotopic (exact) mass is 523 g/mol. The highest BCUT2D eigenvalue weighted by Crippen LogP contribution is 2.29. The van der Waals surface area contributed by atoms with Crippen LogP contribution in [0, 0.1) is 5.92 Å². The number of fused-ring (bicyclic) bond motifs is 1. The molecule has 1 unspecified atom stereocenters. The number of nitrogens with zero attached hydrogens (tertiary/aromatic N) is 3. The summed E-state index contributed by atoms with van der Waals surface area (Å²) in [5, 5.41) is 15.8. The van der Waals surface area contributed by atoms with Crippen molar-refractivity contribution in [1.82, 2.24) is 20.1 Å². The van der Waals surface area contributed by atoms with Crippen LogP contribution in [0.1, 0.15) is 50.7 Å². The van der Waals surface area contributed by atoms with Gasteiger partial charge in [-0.1, -0.05) is 19.8 Å². The topological polar surface area (TPSA) is 107 Å². The average Bonchev–Trinajstić information content (AvgIpc) is 3.41. The van der Waals surface area contributed by atoms with Gasteiger partial charge in [-0.3, -0.25) is 14.7 Å². The molecule has 3 N–H and O–H groups in total. The van der Waals surface area contributed by atoms with Gasteiger partial charge in [0.2, 0.25) is 5.91 Å². The van der Waals surface area contributed by atoms with E-state index in [1.54, 1.807) is 17.3 Å². The van der Waals surface area contributed by atoms with Crippen molar-refractivity contribution >= 4 is 17.6 Å². The lowest BCUT2D eigenvalue weighted by Crippen LogP contribution is -2.47. The van der Waals surface area contributed by atoms with E-state index >= 15 is 0 Å². The van der Waals surface area contributed by atoms with Crippen LogP contribution < -0.4 is 15.4 Å². The fourth-order valence-electron chi connectivity index (χ4n) is 5.32. The Bertz CT molecular complexity index is 1080. The van der Waals surface area contributed by atoms with Gasteiger partial charge < -0.3 is 25.4 Å². The fraction of sp³-hybridized carbons (Fsp3) is 0.552. The van der Waals surface area contributed by atoms with Crippen LogP contribution in [0.25, 0.3) is 0 Å². The van der Waals surface area contributed by atoms with Crippen molar-refractivity contribution < 1.29 is 19.4 Å². The molecule has 1 saturated carbocycles. The first-order chi connectivity index (χ1) is 18.3. The summed E-state index contributed by atoms with van der Waals surface area (Å²) < 4.78 is 6.59. The predicted molar refractivity (Wildman–Crippen MR) is 147 cm³/mol. The molecule has 2 aromatic rings. The number of likely N-dealkylation sites (N-methyl/N-ethyl adjacent to an activating group) is 1. The number of benzene rings is 1. The van der Waals surface area contributed by atoms with Crippen molar-refractivity contribution in [3.63, 3.8) is 0 Å². The summed E-state index contributed by atoms with van der Waals surface area (Å²) in [7, 11) is 2.05. The van der Waals surface area contributed by atoms with E-state index in [-0.39, 0.29) is 49.1 Å². The molecule has 1 aromatic heterocycles. The normalized spacial score (nSPS) is 21.2. The van der Waals surface area contributed by atoms with Gasteiger partial charge in [0.25, 0.3) is 0 Å². The Morgan fingerprint density at radius 2 is 1.97 bits per heavy atom. The number of ether oxygens (including phenoxy) is 1. The SMILES string of the molecule is CC1CN([C@@H](C)CO)C(=O)Cc2cc(NC(=O)NC3CCCC3)ccc2O[C@H]1CN(C)Cc1ccncc1. The summed E-state index contributed by atoms with van der Waals surface area (Å²) in [4.78, 5) is 34.0. The van der Waals surface area contributed by atoms with Gasteiger partial charge in [-0.05, 0) is 62.7 Å². The van der Waals surface area contributed by atoms with E-state index < -0.39 is 0 Å². The third kappa shape index (κ3) is 7.45. The molecule has 9 nitrogen and oxygen atoms in total. The van der Waals surface area contributed by atoms with Gasteiger partial charge in [0, 0.05) is 55.2 Å². The summed E-state index contributed by atoms with van der Waals surface area (Å²) >= 11 is 0. The molecule has 2 heterocycles. The average molecular weight is 524 g/mol. The van der Waals surface area contributed by atoms with Crippen LogP contribution in [-0.4, -0.2) is 76.8 Å². The maximum absolute atomic E-state index is 13.4. The lowest BCUT2D eigenvalue weighted by atomic mass is 10.0. The van der Waals surface area contributed by atoms with Crippen molar-refractivity contribution in [3.8, 4) is 5.75 Å². The second-order valence-electron chi connectivity index (χ2n) is 10.8. The largest absolute Gasteiger partial charge is 0.488 e. The summed E-state index contributed by atoms with van der Waals surface area (Å²) in [6.45, 7) is 5.72. The smallest absolute Gasteiger partial charge is 0.319 e. The first-order valence-corrected chi connectivity index (χ1v) is 13.7. The highest BCUT2D eigenvalue weighted by Gasteiger charge is 2.31. The molecule has 2 aliphatic rings. The van der Waals surface area contributed by atoms with Crippen molar-refractivity contribution in [2.75, 3.05) is 32.1 Å². The molecule has 0 radical (unpaired) electrons. The second-order valence-corrected chi connectivity index (χ2v) is 10.8. The number of urea groups is 1. The van der Waals surface area contributed by atoms with E-state index in [0.717, 1.165) is 43.4 Å². The van der Waals surface area contributed by atoms with Crippen molar-refractivity contribution in [3.05, 3.63) is 53.9 Å². The Labute approximate surface area is 225 Å². The number of amides is 3. The van der Waals surface area contributed by atoms with E-state index in [4.69, 9.17) is 4.74 Å². The number of anilines is 1. The molecule has 38 heavy (non-hydrogen) atoms. The zero-order valence-electron chi connectivity index (χ0n) is 22.7. The van der Waals surface area contributed by atoms with Gasteiger partial charge in [-0.2, -0.15) is 0 Å². The Morgan fingerprint density at radius 1 is 1.24 bits per heavy atom. The maximum atomic E-state index is 13.4. The van der Waals surface area contributed by atoms with Crippen LogP contribution in [0.4, 0.5) is 10.5 Å². The Balaban J connectivity index is 1.54. The molecule has 1 aromatic carbocycles. The van der Waals surface area contributed by atoms with Crippen LogP contribution in [0.5, 0.6) is 5.75 Å². The van der Waals surface area contributed by atoms with Crippen molar-refractivity contribution in [2.45, 2.75) is 70.7 Å². The number of aliphatic hydroxyl groups is 1. The molecule has 1 fully saturated rings. The first kappa shape index (κ1) is 27.9. The van der Waals surface area contributed by atoms with Gasteiger partial charge in [-0.15, -0.1) is 0 Å². The fourth-order valence-corrected chi connectivity index (χ4v) is 5.32. The van der Waals surface area contributed by atoms with Crippen LogP contribution in [0.2, 0.25) is 0 Å². The lowest BCUT2D eigenvalue weighted by Gasteiger charge is -2.34. The molecule has 9 heteroatoms. The zero-order chi connectivity index (χ0) is 27.1. The first-order valence-electron chi connectivity index (χ1n) is 13.7. The van der Waals surface area contributed by atoms with Gasteiger partial charge in [0.1, 0.15) is 11.9 Å². The number of aliphatic hydroxyl groups excluding tert-OH is 1. The molecule has 206 valence electrons. The lowest BCUT2D eigenvalue weighted by molar-refractivity contribution is -0.134. The van der Waals surface area contributed by atoms with Gasteiger partial charge in [-0.25, -0.2) is 4.79 Å². The van der Waals surface area contributed by atoms with Gasteiger partial charge in [0.15, 0.2) is 0 Å². The molecule has 1 aliphatic heterocycles. The summed E-state index contributed by atoms with van der Waals surface area (Å²) in [6.07, 6.45) is 7.82. The van der Waals surface area contributed by atoms with Crippen molar-refractivity contribution in [2.24, 2.45) is 5.92 Å². The predicted octanol–water partition coefficient (Wildman–Crippen LogP) is 3.43. The minimum absolute atomic E-state index is 0.0220. The number of pyridine rings is 1. The second kappa shape index (κ2) is 13.1. The Morgan fingerprint density at radius 3 is 2.68 bits per heavy atom. The van der Waals surface area contributed by atoms with Gasteiger partial charge in [0.05, 0.1) is 19.1 Å². The highest BCUT2D eigenvalue weighted by atomic mass is 16.5. The van der Waals surface area contributed by atoms with Gasteiger partial charge >= 0.3 is 6.03 Å². The van der Waals surface area contributed by atoms with Crippen LogP contribution >= 0.6 is 0 Å². The molecule has 0 spiro atoms. The van der Waals surface area contributed by atoms with E-state index in [9.17, 15) is 14.7 Å². The standard InChI is InChI=1S/C29H41N5O4/c1-20-16-34(21(2)19-35)28(36)15-23-14-25(32-29(37)31-24-6-4-5-7-24)8-9-26(23)38-27(20)18-33(3)17-22-10-12-30-13-11-22/h8-14,20-21,24,27,35H,4-7,15-19H2,1-3H3,(H2,31,32,37)/t20?,21-,27-/m0/s1. The molecule has 0 saturated heterocycles. The highest BCUT2D eigenvalue weighted by molar-refractivity contribution is 5.90. The number of nitrogens with one attached hydrogen (secondary N) is 2.